The summed E-state index contributed by atoms with van der Waals surface area (Å²) in [4.78, 5) is 12.9. The molecule has 372 valence electrons. The summed E-state index contributed by atoms with van der Waals surface area (Å²) in [6.07, 6.45) is 11.1. The lowest BCUT2D eigenvalue weighted by Crippen LogP contribution is -2.13. The van der Waals surface area contributed by atoms with Crippen LogP contribution in [0.1, 0.15) is 264 Å². The lowest BCUT2D eigenvalue weighted by Gasteiger charge is -2.20. The molecule has 3 nitrogen and oxygen atoms in total. The number of hydrogen-bond acceptors (Lipinski definition) is 3. The van der Waals surface area contributed by atoms with E-state index in [0.717, 1.165) is 12.1 Å². The predicted octanol–water partition coefficient (Wildman–Crippen LogP) is 20.4. The van der Waals surface area contributed by atoms with Crippen molar-refractivity contribution >= 4 is 6.21 Å². The van der Waals surface area contributed by atoms with Crippen LogP contribution in [0.5, 0.6) is 0 Å². The van der Waals surface area contributed by atoms with Crippen molar-refractivity contribution in [1.29, 1.82) is 0 Å². The summed E-state index contributed by atoms with van der Waals surface area (Å²) in [5.41, 5.74) is 13.0. The van der Waals surface area contributed by atoms with Crippen LogP contribution in [0.25, 0.3) is 0 Å². The number of rotatable bonds is 5. The summed E-state index contributed by atoms with van der Waals surface area (Å²) in [6, 6.07) is 24.5. The molecule has 2 aromatic heterocycles. The van der Waals surface area contributed by atoms with Crippen LogP contribution in [0, 0.1) is 5.92 Å². The van der Waals surface area contributed by atoms with Crippen LogP contribution in [-0.4, -0.2) is 16.2 Å². The van der Waals surface area contributed by atoms with Crippen molar-refractivity contribution in [2.75, 3.05) is 0 Å². The van der Waals surface area contributed by atoms with Crippen molar-refractivity contribution < 1.29 is 0 Å². The summed E-state index contributed by atoms with van der Waals surface area (Å²) in [5.74, 6) is 3.00. The van der Waals surface area contributed by atoms with Gasteiger partial charge in [-0.1, -0.05) is 256 Å². The zero-order valence-electron chi connectivity index (χ0n) is 42.7. The summed E-state index contributed by atoms with van der Waals surface area (Å²) < 4.78 is 0. The highest BCUT2D eigenvalue weighted by Crippen LogP contribution is 2.27. The van der Waals surface area contributed by atoms with Gasteiger partial charge in [0.15, 0.2) is 0 Å². The minimum absolute atomic E-state index is 0. The van der Waals surface area contributed by atoms with Crippen LogP contribution < -0.4 is 0 Å². The molecule has 0 N–H and O–H groups in total. The molecule has 0 amide bonds. The number of aliphatic imine (C=N–C) groups is 1. The molecule has 0 spiro atoms. The Morgan fingerprint density at radius 3 is 1.18 bits per heavy atom. The third kappa shape index (κ3) is 26.8. The zero-order valence-corrected chi connectivity index (χ0v) is 42.7. The van der Waals surface area contributed by atoms with Crippen molar-refractivity contribution in [3.05, 3.63) is 142 Å². The molecule has 3 heteroatoms. The third-order valence-corrected chi connectivity index (χ3v) is 10.6. The van der Waals surface area contributed by atoms with E-state index in [-0.39, 0.29) is 58.8 Å². The highest BCUT2D eigenvalue weighted by atomic mass is 14.8. The smallest absolute Gasteiger partial charge is 0.0457 e. The number of benzene rings is 2. The molecule has 0 atom stereocenters. The Hall–Kier alpha value is -3.85. The molecule has 1 aliphatic rings. The fourth-order valence-electron chi connectivity index (χ4n) is 5.88. The van der Waals surface area contributed by atoms with Gasteiger partial charge in [-0.15, -0.1) is 0 Å². The van der Waals surface area contributed by atoms with E-state index in [1.165, 1.54) is 44.6 Å². The SMILES string of the molecule is C.C.C.C.C.CC(C)C1=CCC=N1.CC(C)c1ccc(C(C)(C)C)cc1.CC(C)c1ccc(C(C)(C)C)nc1.CC(C)c1cccc(C(C)(C)C)c1.CC(C)c1cncc(C(C)(C)C)c1. The van der Waals surface area contributed by atoms with Gasteiger partial charge in [-0.3, -0.25) is 15.0 Å². The lowest BCUT2D eigenvalue weighted by atomic mass is 9.85. The third-order valence-electron chi connectivity index (χ3n) is 10.6. The Morgan fingerprint density at radius 1 is 0.400 bits per heavy atom. The van der Waals surface area contributed by atoms with Crippen molar-refractivity contribution in [3.63, 3.8) is 0 Å². The molecular formula is C62H109N3. The second-order valence-corrected chi connectivity index (χ2v) is 22.2. The first-order valence-corrected chi connectivity index (χ1v) is 22.8. The molecular weight excluding hydrogens is 787 g/mol. The maximum atomic E-state index is 4.47. The van der Waals surface area contributed by atoms with Gasteiger partial charge in [0.25, 0.3) is 0 Å². The van der Waals surface area contributed by atoms with Crippen LogP contribution in [-0.2, 0) is 21.7 Å². The summed E-state index contributed by atoms with van der Waals surface area (Å²) >= 11 is 0. The second kappa shape index (κ2) is 31.2. The van der Waals surface area contributed by atoms with Crippen molar-refractivity contribution in [1.82, 2.24) is 9.97 Å². The van der Waals surface area contributed by atoms with Crippen LogP contribution >= 0.6 is 0 Å². The van der Waals surface area contributed by atoms with E-state index < -0.39 is 0 Å². The topological polar surface area (TPSA) is 38.1 Å². The molecule has 0 saturated heterocycles. The lowest BCUT2D eigenvalue weighted by molar-refractivity contribution is 0.567. The maximum absolute atomic E-state index is 4.47. The Kier molecular flexibility index (Phi) is 33.7. The molecule has 1 aliphatic heterocycles. The van der Waals surface area contributed by atoms with Crippen molar-refractivity contribution in [2.45, 2.75) is 241 Å². The van der Waals surface area contributed by atoms with Crippen molar-refractivity contribution in [3.8, 4) is 0 Å². The van der Waals surface area contributed by atoms with E-state index in [1.807, 2.05) is 24.8 Å². The molecule has 3 heterocycles. The molecule has 0 radical (unpaired) electrons. The molecule has 0 saturated carbocycles. The maximum Gasteiger partial charge on any atom is 0.0457 e. The molecule has 0 bridgehead atoms. The van der Waals surface area contributed by atoms with Gasteiger partial charge in [-0.05, 0) is 90.8 Å². The van der Waals surface area contributed by atoms with Crippen LogP contribution in [0.4, 0.5) is 0 Å². The van der Waals surface area contributed by atoms with Gasteiger partial charge in [0.2, 0.25) is 0 Å². The van der Waals surface area contributed by atoms with Gasteiger partial charge in [0.05, 0.1) is 0 Å². The molecule has 0 aliphatic carbocycles. The minimum atomic E-state index is 0. The quantitative estimate of drug-likeness (QED) is 0.200. The van der Waals surface area contributed by atoms with Gasteiger partial charge >= 0.3 is 0 Å². The normalized spacial score (nSPS) is 11.9. The number of allylic oxidation sites excluding steroid dienone is 2. The van der Waals surface area contributed by atoms with Crippen LogP contribution in [0.2, 0.25) is 0 Å². The largest absolute Gasteiger partial charge is 0.265 e. The van der Waals surface area contributed by atoms with E-state index in [1.54, 1.807) is 0 Å². The monoisotopic (exact) mass is 896 g/mol. The Bertz CT molecular complexity index is 1730. The molecule has 65 heavy (non-hydrogen) atoms. The fraction of sp³-hybridized carbons (Fsp3) is 0.597. The zero-order chi connectivity index (χ0) is 46.2. The molecule has 5 rings (SSSR count). The first-order valence-electron chi connectivity index (χ1n) is 22.8. The summed E-state index contributed by atoms with van der Waals surface area (Å²) in [6.45, 7) is 48.7. The Morgan fingerprint density at radius 2 is 0.846 bits per heavy atom. The van der Waals surface area contributed by atoms with Gasteiger partial charge in [-0.2, -0.15) is 0 Å². The van der Waals surface area contributed by atoms with Gasteiger partial charge in [-0.25, -0.2) is 0 Å². The number of aromatic nitrogens is 2. The van der Waals surface area contributed by atoms with Crippen LogP contribution in [0.15, 0.2) is 102 Å². The minimum Gasteiger partial charge on any atom is -0.265 e. The standard InChI is InChI=1S/2C13H20.2C12H19N.C7H11N.5CH4/c1-10(2)11-6-8-12(9-7-11)13(3,4)5;1-10(2)11-7-6-8-12(9-11)13(3,4)5;1-9(2)10-6-11(8-13-7-10)12(3,4)5;1-9(2)10-6-7-11(13-8-10)12(3,4)5;1-6(2)7-4-3-5-8-7;;;;;/h2*6-10H,1-5H3;2*6-9H,1-5H3;4-6H,3H2,1-2H3;5*1H4. The average molecular weight is 897 g/mol. The van der Waals surface area contributed by atoms with Gasteiger partial charge < -0.3 is 0 Å². The fourth-order valence-corrected chi connectivity index (χ4v) is 5.88. The van der Waals surface area contributed by atoms with E-state index in [0.29, 0.717) is 29.6 Å². The summed E-state index contributed by atoms with van der Waals surface area (Å²) in [5, 5.41) is 0. The van der Waals surface area contributed by atoms with E-state index in [9.17, 15) is 0 Å². The molecule has 0 fully saturated rings. The first kappa shape index (κ1) is 70.2. The average Bonchev–Trinajstić information content (AvgIpc) is 3.71. The van der Waals surface area contributed by atoms with Crippen LogP contribution in [0.3, 0.4) is 0 Å². The van der Waals surface area contributed by atoms with Crippen molar-refractivity contribution in [2.24, 2.45) is 10.9 Å². The second-order valence-electron chi connectivity index (χ2n) is 22.2. The highest BCUT2D eigenvalue weighted by molar-refractivity contribution is 5.64. The Labute approximate surface area is 408 Å². The number of pyridine rings is 2. The predicted molar refractivity (Wildman–Crippen MR) is 302 cm³/mol. The highest BCUT2D eigenvalue weighted by Gasteiger charge is 2.17. The Balaban J connectivity index is -0.000000228. The molecule has 0 unspecified atom stereocenters. The summed E-state index contributed by atoms with van der Waals surface area (Å²) in [7, 11) is 0. The van der Waals surface area contributed by atoms with Gasteiger partial charge in [0, 0.05) is 48.0 Å². The van der Waals surface area contributed by atoms with E-state index >= 15 is 0 Å². The first-order chi connectivity index (χ1) is 27.4. The number of nitrogens with zero attached hydrogens (tertiary/aromatic N) is 3. The molecule has 4 aromatic rings. The van der Waals surface area contributed by atoms with E-state index in [4.69, 9.17) is 0 Å². The van der Waals surface area contributed by atoms with Gasteiger partial charge in [0.1, 0.15) is 0 Å². The van der Waals surface area contributed by atoms with E-state index in [2.05, 4.69) is 240 Å². The number of hydrogen-bond donors (Lipinski definition) is 0. The molecule has 2 aromatic carbocycles.